The summed E-state index contributed by atoms with van der Waals surface area (Å²) in [6, 6.07) is 14.9. The molecule has 1 aromatic carbocycles. The van der Waals surface area contributed by atoms with E-state index in [9.17, 15) is 4.79 Å². The fraction of sp³-hybridized carbons (Fsp3) is 0.450. The van der Waals surface area contributed by atoms with Crippen LogP contribution < -0.4 is 5.73 Å². The Labute approximate surface area is 160 Å². The molecule has 3 nitrogen and oxygen atoms in total. The molecule has 2 N–H and O–H groups in total. The van der Waals surface area contributed by atoms with Crippen molar-refractivity contribution in [2.24, 2.45) is 11.7 Å². The highest BCUT2D eigenvalue weighted by molar-refractivity contribution is 7.11. The fourth-order valence-electron chi connectivity index (χ4n) is 3.43. The Kier molecular flexibility index (Phi) is 7.48. The Morgan fingerprint density at radius 3 is 2.56 bits per heavy atom. The largest absolute Gasteiger partial charge is 0.337 e. The molecular formula is C20H27ClN2OS. The molecule has 136 valence electrons. The van der Waals surface area contributed by atoms with Gasteiger partial charge in [0.05, 0.1) is 6.54 Å². The normalized spacial score (nSPS) is 19.4. The van der Waals surface area contributed by atoms with Crippen molar-refractivity contribution in [3.05, 3.63) is 57.8 Å². The first-order valence-electron chi connectivity index (χ1n) is 8.75. The first-order valence-corrected chi connectivity index (χ1v) is 9.57. The van der Waals surface area contributed by atoms with E-state index in [1.807, 2.05) is 11.0 Å². The van der Waals surface area contributed by atoms with Gasteiger partial charge in [-0.25, -0.2) is 0 Å². The molecule has 0 spiro atoms. The monoisotopic (exact) mass is 378 g/mol. The number of aryl methyl sites for hydroxylation is 1. The van der Waals surface area contributed by atoms with E-state index in [1.54, 1.807) is 11.3 Å². The average Bonchev–Trinajstić information content (AvgIpc) is 3.20. The van der Waals surface area contributed by atoms with Crippen LogP contribution in [0, 0.1) is 12.8 Å². The summed E-state index contributed by atoms with van der Waals surface area (Å²) >= 11 is 1.78. The predicted octanol–water partition coefficient (Wildman–Crippen LogP) is 4.18. The minimum absolute atomic E-state index is 0. The lowest BCUT2D eigenvalue weighted by Crippen LogP contribution is -2.36. The number of halogens is 1. The molecule has 1 aromatic heterocycles. The Balaban J connectivity index is 0.00000225. The molecule has 2 aromatic rings. The fourth-order valence-corrected chi connectivity index (χ4v) is 4.34. The third-order valence-corrected chi connectivity index (χ3v) is 5.78. The SMILES string of the molecule is Cc1ccc(CN(CCc2ccccc2)C(=O)C2CCC(N)C2)s1.Cl. The molecule has 0 radical (unpaired) electrons. The van der Waals surface area contributed by atoms with E-state index < -0.39 is 0 Å². The van der Waals surface area contributed by atoms with Crippen molar-refractivity contribution in [1.82, 2.24) is 4.90 Å². The van der Waals surface area contributed by atoms with Gasteiger partial charge in [0.1, 0.15) is 0 Å². The van der Waals surface area contributed by atoms with E-state index in [0.717, 1.165) is 38.8 Å². The molecule has 2 atom stereocenters. The second kappa shape index (κ2) is 9.37. The molecule has 2 unspecified atom stereocenters. The number of rotatable bonds is 6. The molecule has 5 heteroatoms. The summed E-state index contributed by atoms with van der Waals surface area (Å²) in [6.07, 6.45) is 3.65. The van der Waals surface area contributed by atoms with Gasteiger partial charge in [-0.05, 0) is 50.3 Å². The van der Waals surface area contributed by atoms with Gasteiger partial charge >= 0.3 is 0 Å². The maximum Gasteiger partial charge on any atom is 0.226 e. The number of carbonyl (C=O) groups excluding carboxylic acids is 1. The molecule has 1 amide bonds. The molecule has 1 aliphatic rings. The number of nitrogens with two attached hydrogens (primary N) is 1. The van der Waals surface area contributed by atoms with Crippen LogP contribution in [0.3, 0.4) is 0 Å². The van der Waals surface area contributed by atoms with Gasteiger partial charge in [-0.2, -0.15) is 0 Å². The van der Waals surface area contributed by atoms with Crippen molar-refractivity contribution >= 4 is 29.7 Å². The quantitative estimate of drug-likeness (QED) is 0.819. The summed E-state index contributed by atoms with van der Waals surface area (Å²) in [4.78, 5) is 17.6. The van der Waals surface area contributed by atoms with Crippen LogP contribution in [0.15, 0.2) is 42.5 Å². The number of carbonyl (C=O) groups is 1. The van der Waals surface area contributed by atoms with Crippen LogP contribution in [0.4, 0.5) is 0 Å². The van der Waals surface area contributed by atoms with Crippen LogP contribution in [0.25, 0.3) is 0 Å². The molecule has 3 rings (SSSR count). The highest BCUT2D eigenvalue weighted by atomic mass is 35.5. The third kappa shape index (κ3) is 5.56. The van der Waals surface area contributed by atoms with E-state index in [-0.39, 0.29) is 30.3 Å². The van der Waals surface area contributed by atoms with E-state index in [4.69, 9.17) is 5.73 Å². The lowest BCUT2D eigenvalue weighted by Gasteiger charge is -2.25. The van der Waals surface area contributed by atoms with Crippen molar-refractivity contribution < 1.29 is 4.79 Å². The molecule has 25 heavy (non-hydrogen) atoms. The minimum atomic E-state index is 0. The smallest absolute Gasteiger partial charge is 0.226 e. The van der Waals surface area contributed by atoms with Crippen LogP contribution in [0.5, 0.6) is 0 Å². The third-order valence-electron chi connectivity index (χ3n) is 4.79. The van der Waals surface area contributed by atoms with E-state index >= 15 is 0 Å². The van der Waals surface area contributed by atoms with Crippen LogP contribution in [0.1, 0.15) is 34.6 Å². The number of benzene rings is 1. The van der Waals surface area contributed by atoms with Crippen molar-refractivity contribution in [2.75, 3.05) is 6.54 Å². The van der Waals surface area contributed by atoms with Gasteiger partial charge in [-0.3, -0.25) is 4.79 Å². The summed E-state index contributed by atoms with van der Waals surface area (Å²) in [5.41, 5.74) is 7.29. The molecule has 1 aliphatic carbocycles. The van der Waals surface area contributed by atoms with Gasteiger partial charge in [0.15, 0.2) is 0 Å². The summed E-state index contributed by atoms with van der Waals surface area (Å²) in [5.74, 6) is 0.391. The van der Waals surface area contributed by atoms with Gasteiger partial charge in [0, 0.05) is 28.3 Å². The molecule has 1 fully saturated rings. The molecule has 0 saturated heterocycles. The Bertz CT molecular complexity index is 673. The topological polar surface area (TPSA) is 46.3 Å². The minimum Gasteiger partial charge on any atom is -0.337 e. The van der Waals surface area contributed by atoms with Gasteiger partial charge in [-0.15, -0.1) is 23.7 Å². The zero-order valence-electron chi connectivity index (χ0n) is 14.7. The van der Waals surface area contributed by atoms with Gasteiger partial charge in [0.2, 0.25) is 5.91 Å². The standard InChI is InChI=1S/C20H26N2OS.ClH/c1-15-7-10-19(24-15)14-22(12-11-16-5-3-2-4-6-16)20(23)17-8-9-18(21)13-17;/h2-7,10,17-18H,8-9,11-14,21H2,1H3;1H. The van der Waals surface area contributed by atoms with Crippen LogP contribution in [0.2, 0.25) is 0 Å². The molecule has 1 heterocycles. The number of hydrogen-bond donors (Lipinski definition) is 1. The number of thiophene rings is 1. The lowest BCUT2D eigenvalue weighted by atomic mass is 10.1. The number of nitrogens with zero attached hydrogens (tertiary/aromatic N) is 1. The Hall–Kier alpha value is -1.36. The van der Waals surface area contributed by atoms with E-state index in [2.05, 4.69) is 43.3 Å². The van der Waals surface area contributed by atoms with Crippen molar-refractivity contribution in [1.29, 1.82) is 0 Å². The molecule has 1 saturated carbocycles. The summed E-state index contributed by atoms with van der Waals surface area (Å²) in [7, 11) is 0. The Morgan fingerprint density at radius 1 is 1.20 bits per heavy atom. The van der Waals surface area contributed by atoms with Crippen molar-refractivity contribution in [3.63, 3.8) is 0 Å². The maximum atomic E-state index is 13.0. The molecular weight excluding hydrogens is 352 g/mol. The molecule has 0 aliphatic heterocycles. The first kappa shape index (κ1) is 20.0. The van der Waals surface area contributed by atoms with Crippen LogP contribution in [-0.4, -0.2) is 23.4 Å². The van der Waals surface area contributed by atoms with Gasteiger partial charge < -0.3 is 10.6 Å². The number of amides is 1. The highest BCUT2D eigenvalue weighted by Gasteiger charge is 2.31. The van der Waals surface area contributed by atoms with Gasteiger partial charge in [-0.1, -0.05) is 30.3 Å². The second-order valence-corrected chi connectivity index (χ2v) is 8.15. The zero-order valence-corrected chi connectivity index (χ0v) is 16.3. The molecule has 0 bridgehead atoms. The lowest BCUT2D eigenvalue weighted by molar-refractivity contribution is -0.136. The first-order chi connectivity index (χ1) is 11.6. The Morgan fingerprint density at radius 2 is 1.96 bits per heavy atom. The van der Waals surface area contributed by atoms with Gasteiger partial charge in [0.25, 0.3) is 0 Å². The summed E-state index contributed by atoms with van der Waals surface area (Å²) < 4.78 is 0. The maximum absolute atomic E-state index is 13.0. The van der Waals surface area contributed by atoms with E-state index in [0.29, 0.717) is 0 Å². The van der Waals surface area contributed by atoms with E-state index in [1.165, 1.54) is 15.3 Å². The number of hydrogen-bond acceptors (Lipinski definition) is 3. The zero-order chi connectivity index (χ0) is 16.9. The highest BCUT2D eigenvalue weighted by Crippen LogP contribution is 2.27. The predicted molar refractivity (Wildman–Crippen MR) is 107 cm³/mol. The second-order valence-electron chi connectivity index (χ2n) is 6.78. The van der Waals surface area contributed by atoms with Crippen molar-refractivity contribution in [2.45, 2.75) is 45.2 Å². The van der Waals surface area contributed by atoms with Crippen LogP contribution in [-0.2, 0) is 17.8 Å². The van der Waals surface area contributed by atoms with Crippen LogP contribution >= 0.6 is 23.7 Å². The summed E-state index contributed by atoms with van der Waals surface area (Å²) in [5, 5.41) is 0. The van der Waals surface area contributed by atoms with Crippen molar-refractivity contribution in [3.8, 4) is 0 Å². The average molecular weight is 379 g/mol. The summed E-state index contributed by atoms with van der Waals surface area (Å²) in [6.45, 7) is 3.60.